The summed E-state index contributed by atoms with van der Waals surface area (Å²) < 4.78 is 6.38. The summed E-state index contributed by atoms with van der Waals surface area (Å²) in [5, 5.41) is 2.34. The van der Waals surface area contributed by atoms with Gasteiger partial charge in [-0.15, -0.1) is 0 Å². The zero-order valence-corrected chi connectivity index (χ0v) is 20.0. The lowest BCUT2D eigenvalue weighted by Crippen LogP contribution is -2.52. The van der Waals surface area contributed by atoms with Crippen LogP contribution in [0.5, 0.6) is 5.75 Å². The van der Waals surface area contributed by atoms with Crippen molar-refractivity contribution >= 4 is 17.7 Å². The summed E-state index contributed by atoms with van der Waals surface area (Å²) in [6, 6.07) is 17.6. The van der Waals surface area contributed by atoms with E-state index in [0.29, 0.717) is 24.6 Å². The maximum atomic E-state index is 12.8. The number of nitrogens with zero attached hydrogens (tertiary/aromatic N) is 2. The van der Waals surface area contributed by atoms with Gasteiger partial charge in [-0.3, -0.25) is 24.6 Å². The van der Waals surface area contributed by atoms with Crippen molar-refractivity contribution < 1.29 is 19.1 Å². The number of carbonyl (C=O) groups is 3. The minimum absolute atomic E-state index is 0.142. The number of imide groups is 1. The molecule has 35 heavy (non-hydrogen) atoms. The van der Waals surface area contributed by atoms with Crippen molar-refractivity contribution in [3.8, 4) is 5.75 Å². The summed E-state index contributed by atoms with van der Waals surface area (Å²) in [5.74, 6) is 0.0168. The van der Waals surface area contributed by atoms with Gasteiger partial charge in [-0.05, 0) is 75.4 Å². The molecule has 184 valence electrons. The van der Waals surface area contributed by atoms with Crippen LogP contribution in [0.3, 0.4) is 0 Å². The highest BCUT2D eigenvalue weighted by Crippen LogP contribution is 2.34. The maximum Gasteiger partial charge on any atom is 0.255 e. The molecule has 7 nitrogen and oxygen atoms in total. The first-order valence-corrected chi connectivity index (χ1v) is 12.8. The largest absolute Gasteiger partial charge is 0.489 e. The zero-order chi connectivity index (χ0) is 24.2. The van der Waals surface area contributed by atoms with Crippen molar-refractivity contribution in [2.45, 2.75) is 69.7 Å². The number of amides is 3. The Bertz CT molecular complexity index is 1040. The van der Waals surface area contributed by atoms with Crippen LogP contribution >= 0.6 is 0 Å². The molecule has 6 rings (SSSR count). The lowest BCUT2D eigenvalue weighted by atomic mass is 10.0. The number of nitrogens with one attached hydrogen (secondary N) is 1. The molecule has 4 aliphatic rings. The van der Waals surface area contributed by atoms with Gasteiger partial charge in [0.25, 0.3) is 5.91 Å². The topological polar surface area (TPSA) is 79.0 Å². The second-order valence-electron chi connectivity index (χ2n) is 9.77. The monoisotopic (exact) mass is 475 g/mol. The number of fused-ring (bicyclic) bond motifs is 1. The second-order valence-corrected chi connectivity index (χ2v) is 9.77. The normalized spacial score (nSPS) is 26.2. The number of benzene rings is 2. The quantitative estimate of drug-likeness (QED) is 0.685. The van der Waals surface area contributed by atoms with E-state index in [1.165, 1.54) is 38.8 Å². The zero-order valence-electron chi connectivity index (χ0n) is 20.0. The minimum Gasteiger partial charge on any atom is -0.489 e. The predicted octanol–water partition coefficient (Wildman–Crippen LogP) is 3.53. The van der Waals surface area contributed by atoms with E-state index in [0.717, 1.165) is 17.7 Å². The molecule has 3 amide bonds. The molecule has 1 aliphatic carbocycles. The third kappa shape index (κ3) is 5.25. The molecule has 1 saturated carbocycles. The van der Waals surface area contributed by atoms with Crippen LogP contribution in [0.25, 0.3) is 0 Å². The molecule has 7 heteroatoms. The van der Waals surface area contributed by atoms with E-state index < -0.39 is 6.04 Å². The molecule has 0 spiro atoms. The summed E-state index contributed by atoms with van der Waals surface area (Å²) in [7, 11) is 0. The van der Waals surface area contributed by atoms with Gasteiger partial charge in [-0.1, -0.05) is 36.4 Å². The molecule has 2 aromatic carbocycles. The summed E-state index contributed by atoms with van der Waals surface area (Å²) in [6.45, 7) is 2.73. The van der Waals surface area contributed by atoms with Crippen LogP contribution in [0.1, 0.15) is 60.9 Å². The van der Waals surface area contributed by atoms with Gasteiger partial charge in [0.2, 0.25) is 11.8 Å². The molecular formula is C28H33N3O4. The summed E-state index contributed by atoms with van der Waals surface area (Å²) >= 11 is 0. The van der Waals surface area contributed by atoms with Gasteiger partial charge in [0.05, 0.1) is 0 Å². The highest BCUT2D eigenvalue weighted by atomic mass is 16.5. The Morgan fingerprint density at radius 2 is 1.57 bits per heavy atom. The molecular weight excluding hydrogens is 442 g/mol. The van der Waals surface area contributed by atoms with E-state index in [2.05, 4.69) is 10.2 Å². The Balaban J connectivity index is 0.000000371. The van der Waals surface area contributed by atoms with Crippen LogP contribution in [0, 0.1) is 0 Å². The van der Waals surface area contributed by atoms with Gasteiger partial charge < -0.3 is 9.64 Å². The molecule has 0 radical (unpaired) electrons. The standard InChI is InChI=1S/C22H27N3O4.C6H6/c26-20-9-8-18(21(27)23-20)25-13-14-12-15(6-7-16(14)22(25)28)29-19-5-3-4-17(19)24-10-1-2-11-24;1-2-4-6-5-3-1/h6-7,12,17-19H,1-5,8-11,13H2,(H,23,26,27);1-6H. The Morgan fingerprint density at radius 1 is 0.857 bits per heavy atom. The highest BCUT2D eigenvalue weighted by molar-refractivity contribution is 6.05. The fraction of sp³-hybridized carbons (Fsp3) is 0.464. The first-order chi connectivity index (χ1) is 17.1. The number of carbonyl (C=O) groups excluding carboxylic acids is 3. The fourth-order valence-electron chi connectivity index (χ4n) is 5.72. The molecule has 0 aromatic heterocycles. The average molecular weight is 476 g/mol. The van der Waals surface area contributed by atoms with Crippen molar-refractivity contribution in [1.29, 1.82) is 0 Å². The van der Waals surface area contributed by atoms with Crippen LogP contribution < -0.4 is 10.1 Å². The summed E-state index contributed by atoms with van der Waals surface area (Å²) in [5.41, 5.74) is 1.53. The maximum absolute atomic E-state index is 12.8. The van der Waals surface area contributed by atoms with Crippen LogP contribution in [-0.4, -0.2) is 58.8 Å². The van der Waals surface area contributed by atoms with Gasteiger partial charge in [0.15, 0.2) is 0 Å². The highest BCUT2D eigenvalue weighted by Gasteiger charge is 2.40. The van der Waals surface area contributed by atoms with Crippen molar-refractivity contribution in [3.63, 3.8) is 0 Å². The average Bonchev–Trinajstić information content (AvgIpc) is 3.62. The van der Waals surface area contributed by atoms with E-state index in [1.54, 1.807) is 4.90 Å². The number of likely N-dealkylation sites (tertiary alicyclic amines) is 1. The Hall–Kier alpha value is -3.19. The van der Waals surface area contributed by atoms with Gasteiger partial charge in [0.1, 0.15) is 17.9 Å². The molecule has 3 aliphatic heterocycles. The van der Waals surface area contributed by atoms with Crippen LogP contribution in [0.4, 0.5) is 0 Å². The third-order valence-corrected chi connectivity index (χ3v) is 7.48. The van der Waals surface area contributed by atoms with E-state index in [1.807, 2.05) is 54.6 Å². The van der Waals surface area contributed by atoms with Gasteiger partial charge in [-0.25, -0.2) is 0 Å². The SMILES string of the molecule is O=C1CCC(N2Cc3cc(OC4CCCC4N4CCCC4)ccc3C2=O)C(=O)N1.c1ccccc1. The molecule has 0 bridgehead atoms. The van der Waals surface area contributed by atoms with E-state index in [-0.39, 0.29) is 30.2 Å². The van der Waals surface area contributed by atoms with E-state index in [4.69, 9.17) is 4.74 Å². The van der Waals surface area contributed by atoms with Crippen LogP contribution in [0.2, 0.25) is 0 Å². The third-order valence-electron chi connectivity index (χ3n) is 7.48. The van der Waals surface area contributed by atoms with Crippen LogP contribution in [-0.2, 0) is 16.1 Å². The second kappa shape index (κ2) is 10.6. The van der Waals surface area contributed by atoms with Crippen molar-refractivity contribution in [2.24, 2.45) is 0 Å². The van der Waals surface area contributed by atoms with Gasteiger partial charge >= 0.3 is 0 Å². The van der Waals surface area contributed by atoms with Crippen molar-refractivity contribution in [1.82, 2.24) is 15.1 Å². The van der Waals surface area contributed by atoms with Crippen molar-refractivity contribution in [3.05, 3.63) is 65.7 Å². The summed E-state index contributed by atoms with van der Waals surface area (Å²) in [6.07, 6.45) is 6.86. The molecule has 3 fully saturated rings. The Kier molecular flexibility index (Phi) is 7.13. The molecule has 2 saturated heterocycles. The molecule has 2 aromatic rings. The van der Waals surface area contributed by atoms with E-state index in [9.17, 15) is 14.4 Å². The Labute approximate surface area is 206 Å². The first kappa shape index (κ1) is 23.5. The first-order valence-electron chi connectivity index (χ1n) is 12.8. The molecule has 1 N–H and O–H groups in total. The fourth-order valence-corrected chi connectivity index (χ4v) is 5.72. The number of hydrogen-bond donors (Lipinski definition) is 1. The Morgan fingerprint density at radius 3 is 2.26 bits per heavy atom. The van der Waals surface area contributed by atoms with Crippen LogP contribution in [0.15, 0.2) is 54.6 Å². The molecule has 3 heterocycles. The molecule has 3 atom stereocenters. The number of piperidine rings is 1. The lowest BCUT2D eigenvalue weighted by molar-refractivity contribution is -0.136. The molecule has 3 unspecified atom stereocenters. The minimum atomic E-state index is -0.577. The van der Waals surface area contributed by atoms with Gasteiger partial charge in [-0.2, -0.15) is 0 Å². The number of ether oxygens (including phenoxy) is 1. The van der Waals surface area contributed by atoms with E-state index >= 15 is 0 Å². The smallest absolute Gasteiger partial charge is 0.255 e. The van der Waals surface area contributed by atoms with Crippen molar-refractivity contribution in [2.75, 3.05) is 13.1 Å². The number of hydrogen-bond acceptors (Lipinski definition) is 5. The van der Waals surface area contributed by atoms with Gasteiger partial charge in [0, 0.05) is 24.6 Å². The lowest BCUT2D eigenvalue weighted by Gasteiger charge is -2.29. The summed E-state index contributed by atoms with van der Waals surface area (Å²) in [4.78, 5) is 40.6. The predicted molar refractivity (Wildman–Crippen MR) is 132 cm³/mol. The number of rotatable bonds is 4.